The monoisotopic (exact) mass is 427 g/mol. The molecule has 2 aromatic carbocycles. The molecule has 0 heterocycles. The minimum atomic E-state index is -3.62. The second-order valence-corrected chi connectivity index (χ2v) is 9.28. The molecule has 2 aromatic rings. The van der Waals surface area contributed by atoms with Gasteiger partial charge in [0.15, 0.2) is 0 Å². The molecule has 3 rings (SSSR count). The molecule has 0 radical (unpaired) electrons. The molecule has 0 bridgehead atoms. The van der Waals surface area contributed by atoms with Crippen LogP contribution in [0, 0.1) is 17.2 Å². The Morgan fingerprint density at radius 3 is 2.57 bits per heavy atom. The van der Waals surface area contributed by atoms with E-state index in [1.165, 1.54) is 12.1 Å². The average molecular weight is 428 g/mol. The predicted molar refractivity (Wildman–Crippen MR) is 113 cm³/mol. The van der Waals surface area contributed by atoms with Crippen LogP contribution in [0.4, 0.5) is 0 Å². The van der Waals surface area contributed by atoms with E-state index in [2.05, 4.69) is 10.0 Å². The first-order chi connectivity index (χ1) is 14.4. The SMILES string of the molecule is N#CC(NC(=O)[C@@H]1CCCC[C@H]1NS(=O)(=O)Cc1ccccc1)c1cccc(O)c1. The molecule has 1 aliphatic carbocycles. The summed E-state index contributed by atoms with van der Waals surface area (Å²) in [6.45, 7) is 0. The fraction of sp³-hybridized carbons (Fsp3) is 0.364. The van der Waals surface area contributed by atoms with Crippen LogP contribution in [0.5, 0.6) is 5.75 Å². The molecule has 1 aliphatic rings. The predicted octanol–water partition coefficient (Wildman–Crippen LogP) is 2.75. The van der Waals surface area contributed by atoms with E-state index in [4.69, 9.17) is 0 Å². The Kier molecular flexibility index (Phi) is 7.08. The third kappa shape index (κ3) is 5.81. The number of hydrogen-bond acceptors (Lipinski definition) is 5. The highest BCUT2D eigenvalue weighted by atomic mass is 32.2. The zero-order valence-corrected chi connectivity index (χ0v) is 17.3. The van der Waals surface area contributed by atoms with Gasteiger partial charge in [0.2, 0.25) is 15.9 Å². The van der Waals surface area contributed by atoms with Gasteiger partial charge < -0.3 is 10.4 Å². The van der Waals surface area contributed by atoms with Crippen LogP contribution in [-0.4, -0.2) is 25.5 Å². The van der Waals surface area contributed by atoms with Crippen LogP contribution < -0.4 is 10.0 Å². The molecule has 1 unspecified atom stereocenters. The van der Waals surface area contributed by atoms with Crippen LogP contribution in [0.15, 0.2) is 54.6 Å². The molecule has 0 saturated heterocycles. The van der Waals surface area contributed by atoms with E-state index in [1.807, 2.05) is 12.1 Å². The lowest BCUT2D eigenvalue weighted by molar-refractivity contribution is -0.127. The topological polar surface area (TPSA) is 119 Å². The summed E-state index contributed by atoms with van der Waals surface area (Å²) in [4.78, 5) is 12.9. The van der Waals surface area contributed by atoms with E-state index >= 15 is 0 Å². The van der Waals surface area contributed by atoms with Gasteiger partial charge in [-0.25, -0.2) is 13.1 Å². The number of nitrogens with one attached hydrogen (secondary N) is 2. The molecule has 1 amide bonds. The highest BCUT2D eigenvalue weighted by molar-refractivity contribution is 7.88. The zero-order chi connectivity index (χ0) is 21.6. The van der Waals surface area contributed by atoms with Crippen molar-refractivity contribution in [1.82, 2.24) is 10.0 Å². The quantitative estimate of drug-likeness (QED) is 0.628. The van der Waals surface area contributed by atoms with Crippen molar-refractivity contribution in [2.75, 3.05) is 0 Å². The molecule has 3 atom stereocenters. The lowest BCUT2D eigenvalue weighted by Crippen LogP contribution is -2.49. The minimum absolute atomic E-state index is 0.00575. The maximum Gasteiger partial charge on any atom is 0.226 e. The molecular weight excluding hydrogens is 402 g/mol. The molecule has 0 spiro atoms. The molecule has 1 fully saturated rings. The number of carbonyl (C=O) groups is 1. The number of sulfonamides is 1. The van der Waals surface area contributed by atoms with Crippen LogP contribution in [0.25, 0.3) is 0 Å². The molecule has 3 N–H and O–H groups in total. The molecular formula is C22H25N3O4S. The number of benzene rings is 2. The van der Waals surface area contributed by atoms with Gasteiger partial charge in [-0.05, 0) is 36.1 Å². The standard InChI is InChI=1S/C22H25N3O4S/c23-14-21(17-9-6-10-18(26)13-17)24-22(27)19-11-4-5-12-20(19)25-30(28,29)15-16-7-2-1-3-8-16/h1-3,6-10,13,19-21,25-26H,4-5,11-12,15H2,(H,24,27)/t19-,20-,21?/m1/s1. The summed E-state index contributed by atoms with van der Waals surface area (Å²) < 4.78 is 28.0. The van der Waals surface area contributed by atoms with Crippen LogP contribution in [0.1, 0.15) is 42.9 Å². The molecule has 0 aliphatic heterocycles. The van der Waals surface area contributed by atoms with E-state index in [0.717, 1.165) is 12.8 Å². The Bertz CT molecular complexity index is 1020. The Morgan fingerprint density at radius 1 is 1.13 bits per heavy atom. The van der Waals surface area contributed by atoms with Gasteiger partial charge in [0.1, 0.15) is 11.8 Å². The smallest absolute Gasteiger partial charge is 0.226 e. The van der Waals surface area contributed by atoms with Crippen molar-refractivity contribution in [3.63, 3.8) is 0 Å². The number of nitrogens with zero attached hydrogens (tertiary/aromatic N) is 1. The van der Waals surface area contributed by atoms with Crippen LogP contribution >= 0.6 is 0 Å². The summed E-state index contributed by atoms with van der Waals surface area (Å²) in [6.07, 6.45) is 2.76. The number of rotatable bonds is 7. The zero-order valence-electron chi connectivity index (χ0n) is 16.5. The number of amides is 1. The molecule has 30 heavy (non-hydrogen) atoms. The van der Waals surface area contributed by atoms with Crippen molar-refractivity contribution in [2.24, 2.45) is 5.92 Å². The maximum absolute atomic E-state index is 12.9. The van der Waals surface area contributed by atoms with Crippen molar-refractivity contribution >= 4 is 15.9 Å². The summed E-state index contributed by atoms with van der Waals surface area (Å²) in [5, 5.41) is 21.8. The maximum atomic E-state index is 12.9. The number of nitriles is 1. The van der Waals surface area contributed by atoms with Gasteiger partial charge in [-0.2, -0.15) is 5.26 Å². The number of carbonyl (C=O) groups excluding carboxylic acids is 1. The first-order valence-electron chi connectivity index (χ1n) is 9.91. The number of hydrogen-bond donors (Lipinski definition) is 3. The Hall–Kier alpha value is -2.89. The summed E-state index contributed by atoms with van der Waals surface area (Å²) in [7, 11) is -3.62. The molecule has 0 aromatic heterocycles. The van der Waals surface area contributed by atoms with Gasteiger partial charge >= 0.3 is 0 Å². The van der Waals surface area contributed by atoms with Crippen LogP contribution in [0.2, 0.25) is 0 Å². The highest BCUT2D eigenvalue weighted by Crippen LogP contribution is 2.27. The van der Waals surface area contributed by atoms with E-state index < -0.39 is 28.0 Å². The van der Waals surface area contributed by atoms with Crippen molar-refractivity contribution in [3.05, 3.63) is 65.7 Å². The summed E-state index contributed by atoms with van der Waals surface area (Å²) in [5.74, 6) is -1.07. The number of phenols is 1. The second-order valence-electron chi connectivity index (χ2n) is 7.53. The molecule has 1 saturated carbocycles. The van der Waals surface area contributed by atoms with Gasteiger partial charge in [0.25, 0.3) is 0 Å². The number of phenolic OH excluding ortho intramolecular Hbond substituents is 1. The van der Waals surface area contributed by atoms with E-state index in [9.17, 15) is 23.6 Å². The number of aromatic hydroxyl groups is 1. The van der Waals surface area contributed by atoms with Gasteiger partial charge in [0.05, 0.1) is 17.7 Å². The van der Waals surface area contributed by atoms with Crippen molar-refractivity contribution in [1.29, 1.82) is 5.26 Å². The minimum Gasteiger partial charge on any atom is -0.508 e. The van der Waals surface area contributed by atoms with Gasteiger partial charge in [-0.1, -0.05) is 55.3 Å². The Morgan fingerprint density at radius 2 is 1.87 bits per heavy atom. The van der Waals surface area contributed by atoms with E-state index in [-0.39, 0.29) is 17.4 Å². The fourth-order valence-electron chi connectivity index (χ4n) is 3.80. The Labute approximate surface area is 176 Å². The van der Waals surface area contributed by atoms with Crippen LogP contribution in [0.3, 0.4) is 0 Å². The summed E-state index contributed by atoms with van der Waals surface area (Å²) in [5.41, 5.74) is 1.15. The summed E-state index contributed by atoms with van der Waals surface area (Å²) in [6, 6.07) is 15.6. The van der Waals surface area contributed by atoms with Crippen molar-refractivity contribution < 1.29 is 18.3 Å². The van der Waals surface area contributed by atoms with Gasteiger partial charge in [0, 0.05) is 6.04 Å². The molecule has 7 nitrogen and oxygen atoms in total. The normalized spacial score (nSPS) is 20.1. The molecule has 158 valence electrons. The largest absolute Gasteiger partial charge is 0.508 e. The second kappa shape index (κ2) is 9.74. The van der Waals surface area contributed by atoms with Crippen molar-refractivity contribution in [2.45, 2.75) is 43.5 Å². The average Bonchev–Trinajstić information content (AvgIpc) is 2.72. The molecule has 8 heteroatoms. The Balaban J connectivity index is 1.70. The highest BCUT2D eigenvalue weighted by Gasteiger charge is 2.34. The lowest BCUT2D eigenvalue weighted by Gasteiger charge is -2.31. The first-order valence-corrected chi connectivity index (χ1v) is 11.6. The van der Waals surface area contributed by atoms with E-state index in [0.29, 0.717) is 24.0 Å². The fourth-order valence-corrected chi connectivity index (χ4v) is 5.25. The third-order valence-corrected chi connectivity index (χ3v) is 6.63. The third-order valence-electron chi connectivity index (χ3n) is 5.25. The van der Waals surface area contributed by atoms with Gasteiger partial charge in [-0.3, -0.25) is 4.79 Å². The first kappa shape index (κ1) is 21.8. The lowest BCUT2D eigenvalue weighted by atomic mass is 9.84. The summed E-state index contributed by atoms with van der Waals surface area (Å²) >= 11 is 0. The van der Waals surface area contributed by atoms with E-state index in [1.54, 1.807) is 36.4 Å². The van der Waals surface area contributed by atoms with Crippen molar-refractivity contribution in [3.8, 4) is 11.8 Å². The van der Waals surface area contributed by atoms with Gasteiger partial charge in [-0.15, -0.1) is 0 Å². The van der Waals surface area contributed by atoms with Crippen LogP contribution in [-0.2, 0) is 20.6 Å².